The van der Waals surface area contributed by atoms with E-state index in [0.29, 0.717) is 16.5 Å². The molecule has 0 saturated carbocycles. The molecule has 0 fully saturated rings. The summed E-state index contributed by atoms with van der Waals surface area (Å²) in [5.41, 5.74) is 1.46. The van der Waals surface area contributed by atoms with E-state index in [1.54, 1.807) is 12.1 Å². The summed E-state index contributed by atoms with van der Waals surface area (Å²) in [6.45, 7) is 2.85. The second kappa shape index (κ2) is 7.66. The molecule has 1 unspecified atom stereocenters. The lowest BCUT2D eigenvalue weighted by molar-refractivity contribution is 0.495. The molecule has 0 aromatic heterocycles. The molecule has 0 bridgehead atoms. The molecule has 0 aliphatic rings. The molecule has 2 aromatic rings. The number of nitrogens with one attached hydrogen (secondary N) is 1. The Morgan fingerprint density at radius 1 is 1.14 bits per heavy atom. The van der Waals surface area contributed by atoms with Crippen molar-refractivity contribution >= 4 is 15.9 Å². The standard InChI is InChI=1S/C17H18BrF2N/c1-2-8-21-17(10-12-4-3-5-14(19)9-12)15-7-6-13(18)11-16(15)20/h3-7,9,11,17,21H,2,8,10H2,1H3. The smallest absolute Gasteiger partial charge is 0.129 e. The Morgan fingerprint density at radius 2 is 1.95 bits per heavy atom. The third-order valence-corrected chi connectivity index (χ3v) is 3.80. The fourth-order valence-corrected chi connectivity index (χ4v) is 2.63. The number of hydrogen-bond donors (Lipinski definition) is 1. The maximum atomic E-state index is 14.2. The molecule has 1 atom stereocenters. The average molecular weight is 354 g/mol. The first kappa shape index (κ1) is 16.1. The van der Waals surface area contributed by atoms with E-state index < -0.39 is 0 Å². The first-order valence-electron chi connectivity index (χ1n) is 7.03. The van der Waals surface area contributed by atoms with Gasteiger partial charge in [0.1, 0.15) is 11.6 Å². The lowest BCUT2D eigenvalue weighted by Crippen LogP contribution is -2.25. The Morgan fingerprint density at radius 3 is 2.62 bits per heavy atom. The molecular weight excluding hydrogens is 336 g/mol. The van der Waals surface area contributed by atoms with Crippen molar-refractivity contribution in [1.29, 1.82) is 0 Å². The van der Waals surface area contributed by atoms with E-state index in [2.05, 4.69) is 28.2 Å². The third-order valence-electron chi connectivity index (χ3n) is 3.31. The molecule has 2 rings (SSSR count). The highest BCUT2D eigenvalue weighted by atomic mass is 79.9. The van der Waals surface area contributed by atoms with Crippen LogP contribution in [0.5, 0.6) is 0 Å². The van der Waals surface area contributed by atoms with Crippen molar-refractivity contribution in [1.82, 2.24) is 5.32 Å². The summed E-state index contributed by atoms with van der Waals surface area (Å²) in [5, 5.41) is 3.34. The van der Waals surface area contributed by atoms with Crippen molar-refractivity contribution in [3.63, 3.8) is 0 Å². The van der Waals surface area contributed by atoms with Gasteiger partial charge < -0.3 is 5.32 Å². The molecule has 0 spiro atoms. The SMILES string of the molecule is CCCNC(Cc1cccc(F)c1)c1ccc(Br)cc1F. The lowest BCUT2D eigenvalue weighted by atomic mass is 9.98. The Balaban J connectivity index is 2.25. The lowest BCUT2D eigenvalue weighted by Gasteiger charge is -2.20. The molecule has 2 aromatic carbocycles. The normalized spacial score (nSPS) is 12.4. The van der Waals surface area contributed by atoms with Gasteiger partial charge in [-0.3, -0.25) is 0 Å². The molecule has 21 heavy (non-hydrogen) atoms. The molecule has 0 heterocycles. The second-order valence-corrected chi connectivity index (χ2v) is 5.92. The van der Waals surface area contributed by atoms with Gasteiger partial charge in [-0.2, -0.15) is 0 Å². The van der Waals surface area contributed by atoms with Crippen LogP contribution in [-0.2, 0) is 6.42 Å². The minimum atomic E-state index is -0.266. The van der Waals surface area contributed by atoms with Gasteiger partial charge in [-0.25, -0.2) is 8.78 Å². The molecule has 0 aliphatic heterocycles. The van der Waals surface area contributed by atoms with Crippen molar-refractivity contribution in [2.75, 3.05) is 6.54 Å². The highest BCUT2D eigenvalue weighted by molar-refractivity contribution is 9.10. The quantitative estimate of drug-likeness (QED) is 0.769. The third kappa shape index (κ3) is 4.61. The summed E-state index contributed by atoms with van der Waals surface area (Å²) in [4.78, 5) is 0. The van der Waals surface area contributed by atoms with Crippen LogP contribution < -0.4 is 5.32 Å². The summed E-state index contributed by atoms with van der Waals surface area (Å²) in [5.74, 6) is -0.521. The van der Waals surface area contributed by atoms with Gasteiger partial charge in [-0.15, -0.1) is 0 Å². The van der Waals surface area contributed by atoms with Gasteiger partial charge in [0.25, 0.3) is 0 Å². The maximum Gasteiger partial charge on any atom is 0.129 e. The largest absolute Gasteiger partial charge is 0.310 e. The van der Waals surface area contributed by atoms with Crippen LogP contribution in [-0.4, -0.2) is 6.54 Å². The Hall–Kier alpha value is -1.26. The van der Waals surface area contributed by atoms with E-state index in [-0.39, 0.29) is 17.7 Å². The van der Waals surface area contributed by atoms with Crippen LogP contribution in [0, 0.1) is 11.6 Å². The minimum absolute atomic E-state index is 0.167. The van der Waals surface area contributed by atoms with E-state index in [0.717, 1.165) is 18.5 Å². The molecule has 4 heteroatoms. The van der Waals surface area contributed by atoms with Crippen molar-refractivity contribution < 1.29 is 8.78 Å². The van der Waals surface area contributed by atoms with Gasteiger partial charge in [-0.1, -0.05) is 41.1 Å². The Kier molecular flexibility index (Phi) is 5.88. The van der Waals surface area contributed by atoms with Gasteiger partial charge >= 0.3 is 0 Å². The molecule has 0 saturated heterocycles. The number of rotatable bonds is 6. The van der Waals surface area contributed by atoms with Gasteiger partial charge in [0.2, 0.25) is 0 Å². The fraction of sp³-hybridized carbons (Fsp3) is 0.294. The van der Waals surface area contributed by atoms with Crippen LogP contribution in [0.2, 0.25) is 0 Å². The number of hydrogen-bond acceptors (Lipinski definition) is 1. The van der Waals surface area contributed by atoms with E-state index in [4.69, 9.17) is 0 Å². The van der Waals surface area contributed by atoms with Gasteiger partial charge in [-0.05, 0) is 49.2 Å². The minimum Gasteiger partial charge on any atom is -0.310 e. The summed E-state index contributed by atoms with van der Waals surface area (Å²) in [6, 6.07) is 11.3. The summed E-state index contributed by atoms with van der Waals surface area (Å²) in [6.07, 6.45) is 1.51. The maximum absolute atomic E-state index is 14.2. The zero-order valence-corrected chi connectivity index (χ0v) is 13.5. The van der Waals surface area contributed by atoms with Gasteiger partial charge in [0, 0.05) is 16.1 Å². The predicted molar refractivity (Wildman–Crippen MR) is 85.2 cm³/mol. The first-order chi connectivity index (χ1) is 10.1. The van der Waals surface area contributed by atoms with E-state index in [1.165, 1.54) is 18.2 Å². The number of halogens is 3. The van der Waals surface area contributed by atoms with Crippen molar-refractivity contribution in [2.24, 2.45) is 0 Å². The van der Waals surface area contributed by atoms with E-state index >= 15 is 0 Å². The Labute approximate surface area is 132 Å². The fourth-order valence-electron chi connectivity index (χ4n) is 2.29. The van der Waals surface area contributed by atoms with Crippen LogP contribution in [0.3, 0.4) is 0 Å². The zero-order valence-electron chi connectivity index (χ0n) is 11.9. The first-order valence-corrected chi connectivity index (χ1v) is 7.82. The highest BCUT2D eigenvalue weighted by Crippen LogP contribution is 2.24. The monoisotopic (exact) mass is 353 g/mol. The molecule has 0 aliphatic carbocycles. The zero-order chi connectivity index (χ0) is 15.2. The number of benzene rings is 2. The van der Waals surface area contributed by atoms with Crippen molar-refractivity contribution in [3.8, 4) is 0 Å². The van der Waals surface area contributed by atoms with Gasteiger partial charge in [0.05, 0.1) is 0 Å². The molecule has 1 nitrogen and oxygen atoms in total. The van der Waals surface area contributed by atoms with Crippen LogP contribution >= 0.6 is 15.9 Å². The van der Waals surface area contributed by atoms with Crippen molar-refractivity contribution in [2.45, 2.75) is 25.8 Å². The van der Waals surface area contributed by atoms with Gasteiger partial charge in [0.15, 0.2) is 0 Å². The van der Waals surface area contributed by atoms with E-state index in [9.17, 15) is 8.78 Å². The molecule has 112 valence electrons. The van der Waals surface area contributed by atoms with Crippen molar-refractivity contribution in [3.05, 3.63) is 69.7 Å². The van der Waals surface area contributed by atoms with Crippen LogP contribution in [0.4, 0.5) is 8.78 Å². The molecule has 0 radical (unpaired) electrons. The average Bonchev–Trinajstić information content (AvgIpc) is 2.44. The Bertz CT molecular complexity index is 601. The topological polar surface area (TPSA) is 12.0 Å². The van der Waals surface area contributed by atoms with Crippen LogP contribution in [0.25, 0.3) is 0 Å². The summed E-state index contributed by atoms with van der Waals surface area (Å²) >= 11 is 3.26. The predicted octanol–water partition coefficient (Wildman–Crippen LogP) is 5.01. The second-order valence-electron chi connectivity index (χ2n) is 5.01. The van der Waals surface area contributed by atoms with Crippen LogP contribution in [0.1, 0.15) is 30.5 Å². The summed E-state index contributed by atoms with van der Waals surface area (Å²) < 4.78 is 28.2. The molecule has 1 N–H and O–H groups in total. The van der Waals surface area contributed by atoms with E-state index in [1.807, 2.05) is 12.1 Å². The molecular formula is C17H18BrF2N. The highest BCUT2D eigenvalue weighted by Gasteiger charge is 2.16. The summed E-state index contributed by atoms with van der Waals surface area (Å²) in [7, 11) is 0. The molecule has 0 amide bonds. The van der Waals surface area contributed by atoms with Crippen LogP contribution in [0.15, 0.2) is 46.9 Å².